The van der Waals surface area contributed by atoms with Crippen molar-refractivity contribution in [2.75, 3.05) is 26.3 Å². The molecule has 0 aromatic rings. The molecule has 1 rings (SSSR count). The van der Waals surface area contributed by atoms with Gasteiger partial charge >= 0.3 is 0 Å². The van der Waals surface area contributed by atoms with Crippen LogP contribution in [-0.4, -0.2) is 37.8 Å². The second-order valence-corrected chi connectivity index (χ2v) is 5.87. The number of hydrogen-bond donors (Lipinski definition) is 2. The topological polar surface area (TPSA) is 45.7 Å². The van der Waals surface area contributed by atoms with E-state index in [-0.39, 0.29) is 11.0 Å². The van der Waals surface area contributed by atoms with Crippen molar-refractivity contribution in [1.82, 2.24) is 10.6 Å². The molecular weight excluding hydrogens is 202 g/mol. The Morgan fingerprint density at radius 1 is 1.38 bits per heavy atom. The largest absolute Gasteiger partial charge is 0.380 e. The van der Waals surface area contributed by atoms with E-state index >= 15 is 0 Å². The van der Waals surface area contributed by atoms with Gasteiger partial charge in [-0.15, -0.1) is 0 Å². The highest BCUT2D eigenvalue weighted by atomic mass is 16.5. The highest BCUT2D eigenvalue weighted by molar-refractivity contribution is 5.80. The second-order valence-electron chi connectivity index (χ2n) is 5.87. The molecule has 1 heterocycles. The highest BCUT2D eigenvalue weighted by Crippen LogP contribution is 2.26. The molecule has 1 aliphatic rings. The first-order chi connectivity index (χ1) is 7.35. The third kappa shape index (κ3) is 4.39. The molecule has 1 saturated heterocycles. The molecular formula is C12H25N3O. The molecule has 2 N–H and O–H groups in total. The van der Waals surface area contributed by atoms with Crippen molar-refractivity contribution in [3.63, 3.8) is 0 Å². The van der Waals surface area contributed by atoms with Crippen LogP contribution in [0.2, 0.25) is 0 Å². The van der Waals surface area contributed by atoms with Crippen LogP contribution in [0.3, 0.4) is 0 Å². The molecule has 0 unspecified atom stereocenters. The number of nitrogens with zero attached hydrogens (tertiary/aromatic N) is 1. The van der Waals surface area contributed by atoms with Crippen molar-refractivity contribution in [2.24, 2.45) is 10.4 Å². The number of guanidine groups is 1. The van der Waals surface area contributed by atoms with Gasteiger partial charge in [0, 0.05) is 17.5 Å². The zero-order chi connectivity index (χ0) is 12.2. The van der Waals surface area contributed by atoms with E-state index in [1.807, 2.05) is 0 Å². The molecule has 0 atom stereocenters. The van der Waals surface area contributed by atoms with Crippen molar-refractivity contribution in [1.29, 1.82) is 0 Å². The molecule has 0 bridgehead atoms. The number of nitrogens with one attached hydrogen (secondary N) is 2. The summed E-state index contributed by atoms with van der Waals surface area (Å²) in [5, 5.41) is 6.63. The number of ether oxygens (including phenoxy) is 1. The van der Waals surface area contributed by atoms with E-state index in [1.165, 1.54) is 0 Å². The van der Waals surface area contributed by atoms with Crippen LogP contribution in [0.25, 0.3) is 0 Å². The molecule has 0 aromatic carbocycles. The van der Waals surface area contributed by atoms with Gasteiger partial charge in [0.1, 0.15) is 0 Å². The number of rotatable bonds is 3. The fraction of sp³-hybridized carbons (Fsp3) is 0.917. The minimum Gasteiger partial charge on any atom is -0.380 e. The summed E-state index contributed by atoms with van der Waals surface area (Å²) in [6.45, 7) is 14.0. The Balaban J connectivity index is 2.51. The Morgan fingerprint density at radius 3 is 2.38 bits per heavy atom. The first-order valence-corrected chi connectivity index (χ1v) is 5.99. The van der Waals surface area contributed by atoms with Crippen molar-refractivity contribution in [3.8, 4) is 0 Å². The summed E-state index contributed by atoms with van der Waals surface area (Å²) in [6, 6.07) is 0. The van der Waals surface area contributed by atoms with Crippen molar-refractivity contribution in [2.45, 2.75) is 40.2 Å². The van der Waals surface area contributed by atoms with Crippen LogP contribution in [0, 0.1) is 5.41 Å². The van der Waals surface area contributed by atoms with E-state index in [0.717, 1.165) is 32.3 Å². The van der Waals surface area contributed by atoms with Crippen molar-refractivity contribution < 1.29 is 4.74 Å². The van der Waals surface area contributed by atoms with Gasteiger partial charge in [-0.2, -0.15) is 0 Å². The third-order valence-electron chi connectivity index (χ3n) is 2.36. The molecule has 0 saturated carbocycles. The molecule has 4 heteroatoms. The maximum absolute atomic E-state index is 5.22. The molecule has 0 spiro atoms. The summed E-state index contributed by atoms with van der Waals surface area (Å²) in [7, 11) is 0. The number of hydrogen-bond acceptors (Lipinski definition) is 2. The number of aliphatic imine (C=N–C) groups is 1. The van der Waals surface area contributed by atoms with E-state index < -0.39 is 0 Å². The van der Waals surface area contributed by atoms with Crippen LogP contribution >= 0.6 is 0 Å². The quantitative estimate of drug-likeness (QED) is 0.565. The summed E-state index contributed by atoms with van der Waals surface area (Å²) in [5.41, 5.74) is 0.276. The van der Waals surface area contributed by atoms with Crippen LogP contribution < -0.4 is 10.6 Å². The minimum absolute atomic E-state index is 0.0397. The van der Waals surface area contributed by atoms with Gasteiger partial charge in [-0.05, 0) is 27.7 Å². The Labute approximate surface area is 98.9 Å². The second kappa shape index (κ2) is 5.04. The molecule has 0 aliphatic carbocycles. The lowest BCUT2D eigenvalue weighted by Gasteiger charge is -2.37. The normalized spacial score (nSPS) is 20.2. The molecule has 94 valence electrons. The maximum Gasteiger partial charge on any atom is 0.191 e. The van der Waals surface area contributed by atoms with Gasteiger partial charge in [0.2, 0.25) is 0 Å². The lowest BCUT2D eigenvalue weighted by molar-refractivity contribution is -0.0945. The summed E-state index contributed by atoms with van der Waals surface area (Å²) >= 11 is 0. The summed E-state index contributed by atoms with van der Waals surface area (Å²) in [4.78, 5) is 4.61. The predicted molar refractivity (Wildman–Crippen MR) is 67.8 cm³/mol. The molecule has 0 radical (unpaired) electrons. The summed E-state index contributed by atoms with van der Waals surface area (Å²) in [5.74, 6) is 0.892. The van der Waals surface area contributed by atoms with E-state index in [0.29, 0.717) is 0 Å². The average molecular weight is 227 g/mol. The molecule has 1 fully saturated rings. The van der Waals surface area contributed by atoms with Gasteiger partial charge in [-0.3, -0.25) is 4.99 Å². The standard InChI is InChI=1S/C12H25N3O/c1-6-13-10(15-11(2,3)4)14-7-12(5)8-16-9-12/h6-9H2,1-5H3,(H2,13,14,15). The van der Waals surface area contributed by atoms with Crippen LogP contribution in [0.5, 0.6) is 0 Å². The Kier molecular flexibility index (Phi) is 4.19. The van der Waals surface area contributed by atoms with Crippen molar-refractivity contribution in [3.05, 3.63) is 0 Å². The van der Waals surface area contributed by atoms with Crippen LogP contribution in [-0.2, 0) is 4.74 Å². The molecule has 16 heavy (non-hydrogen) atoms. The maximum atomic E-state index is 5.22. The van der Waals surface area contributed by atoms with Crippen LogP contribution in [0.15, 0.2) is 4.99 Å². The van der Waals surface area contributed by atoms with Gasteiger partial charge in [-0.25, -0.2) is 0 Å². The summed E-state index contributed by atoms with van der Waals surface area (Å²) in [6.07, 6.45) is 0. The average Bonchev–Trinajstić information content (AvgIpc) is 2.09. The zero-order valence-electron chi connectivity index (χ0n) is 11.2. The van der Waals surface area contributed by atoms with E-state index in [2.05, 4.69) is 50.2 Å². The zero-order valence-corrected chi connectivity index (χ0v) is 11.2. The Hall–Kier alpha value is -0.770. The minimum atomic E-state index is 0.0397. The lowest BCUT2D eigenvalue weighted by atomic mass is 9.89. The highest BCUT2D eigenvalue weighted by Gasteiger charge is 2.33. The van der Waals surface area contributed by atoms with E-state index in [4.69, 9.17) is 4.74 Å². The van der Waals surface area contributed by atoms with Gasteiger partial charge in [0.05, 0.1) is 19.8 Å². The van der Waals surface area contributed by atoms with Gasteiger partial charge in [-0.1, -0.05) is 6.92 Å². The first kappa shape index (κ1) is 13.3. The van der Waals surface area contributed by atoms with Crippen LogP contribution in [0.4, 0.5) is 0 Å². The fourth-order valence-corrected chi connectivity index (χ4v) is 1.47. The van der Waals surface area contributed by atoms with Gasteiger partial charge < -0.3 is 15.4 Å². The van der Waals surface area contributed by atoms with E-state index in [9.17, 15) is 0 Å². The van der Waals surface area contributed by atoms with Gasteiger partial charge in [0.25, 0.3) is 0 Å². The van der Waals surface area contributed by atoms with E-state index in [1.54, 1.807) is 0 Å². The molecule has 0 aromatic heterocycles. The van der Waals surface area contributed by atoms with Gasteiger partial charge in [0.15, 0.2) is 5.96 Å². The molecule has 1 aliphatic heterocycles. The monoisotopic (exact) mass is 227 g/mol. The lowest BCUT2D eigenvalue weighted by Crippen LogP contribution is -2.49. The van der Waals surface area contributed by atoms with Crippen LogP contribution in [0.1, 0.15) is 34.6 Å². The summed E-state index contributed by atoms with van der Waals surface area (Å²) < 4.78 is 5.22. The molecule has 4 nitrogen and oxygen atoms in total. The van der Waals surface area contributed by atoms with Crippen molar-refractivity contribution >= 4 is 5.96 Å². The SMILES string of the molecule is CCNC(=NCC1(C)COC1)NC(C)(C)C. The Morgan fingerprint density at radius 2 is 2.00 bits per heavy atom. The predicted octanol–water partition coefficient (Wildman–Crippen LogP) is 1.38. The Bertz CT molecular complexity index is 251. The smallest absolute Gasteiger partial charge is 0.191 e. The fourth-order valence-electron chi connectivity index (χ4n) is 1.47. The first-order valence-electron chi connectivity index (χ1n) is 5.99. The molecule has 0 amide bonds. The third-order valence-corrected chi connectivity index (χ3v) is 2.36.